The first-order valence-electron chi connectivity index (χ1n) is 6.45. The Morgan fingerprint density at radius 2 is 1.83 bits per heavy atom. The summed E-state index contributed by atoms with van der Waals surface area (Å²) in [5.41, 5.74) is 0.454. The fourth-order valence-corrected chi connectivity index (χ4v) is 2.59. The van der Waals surface area contributed by atoms with Crippen LogP contribution < -0.4 is 5.32 Å². The van der Waals surface area contributed by atoms with Crippen molar-refractivity contribution in [2.24, 2.45) is 5.41 Å². The highest BCUT2D eigenvalue weighted by atomic mass is 19.2. The molecule has 0 atom stereocenters. The average Bonchev–Trinajstić information content (AvgIpc) is 2.41. The zero-order chi connectivity index (χ0) is 13.0. The van der Waals surface area contributed by atoms with Gasteiger partial charge in [-0.15, -0.1) is 0 Å². The maximum absolute atomic E-state index is 13.1. The highest BCUT2D eigenvalue weighted by Crippen LogP contribution is 2.36. The van der Waals surface area contributed by atoms with E-state index in [1.54, 1.807) is 0 Å². The standard InChI is InChI=1S/C14H19F2NO/c15-12-5-4-11(8-13(12)16)17-9-14(10-18)6-2-1-3-7-14/h4-5,8,17-18H,1-3,6-7,9-10H2. The lowest BCUT2D eigenvalue weighted by Crippen LogP contribution is -2.35. The molecule has 0 saturated heterocycles. The van der Waals surface area contributed by atoms with Crippen LogP contribution in [0.5, 0.6) is 0 Å². The highest BCUT2D eigenvalue weighted by Gasteiger charge is 2.31. The largest absolute Gasteiger partial charge is 0.396 e. The summed E-state index contributed by atoms with van der Waals surface area (Å²) in [7, 11) is 0. The third kappa shape index (κ3) is 2.99. The Balaban J connectivity index is 1.98. The average molecular weight is 255 g/mol. The van der Waals surface area contributed by atoms with E-state index in [4.69, 9.17) is 0 Å². The van der Waals surface area contributed by atoms with Crippen molar-refractivity contribution in [3.8, 4) is 0 Å². The number of benzene rings is 1. The molecule has 1 aromatic carbocycles. The first kappa shape index (κ1) is 13.3. The van der Waals surface area contributed by atoms with Crippen LogP contribution in [0, 0.1) is 17.0 Å². The van der Waals surface area contributed by atoms with Gasteiger partial charge >= 0.3 is 0 Å². The van der Waals surface area contributed by atoms with Crippen molar-refractivity contribution in [2.75, 3.05) is 18.5 Å². The highest BCUT2D eigenvalue weighted by molar-refractivity contribution is 5.43. The van der Waals surface area contributed by atoms with E-state index in [1.165, 1.54) is 12.5 Å². The van der Waals surface area contributed by atoms with Crippen molar-refractivity contribution < 1.29 is 13.9 Å². The fraction of sp³-hybridized carbons (Fsp3) is 0.571. The van der Waals surface area contributed by atoms with Crippen LogP contribution in [0.25, 0.3) is 0 Å². The molecule has 0 radical (unpaired) electrons. The second kappa shape index (κ2) is 5.65. The molecule has 2 N–H and O–H groups in total. The molecule has 0 aromatic heterocycles. The molecule has 1 aliphatic carbocycles. The van der Waals surface area contributed by atoms with Crippen molar-refractivity contribution in [2.45, 2.75) is 32.1 Å². The second-order valence-corrected chi connectivity index (χ2v) is 5.20. The maximum Gasteiger partial charge on any atom is 0.160 e. The minimum Gasteiger partial charge on any atom is -0.396 e. The van der Waals surface area contributed by atoms with E-state index in [1.807, 2.05) is 0 Å². The van der Waals surface area contributed by atoms with Crippen LogP contribution in [0.3, 0.4) is 0 Å². The predicted octanol–water partition coefficient (Wildman–Crippen LogP) is 3.32. The second-order valence-electron chi connectivity index (χ2n) is 5.20. The minimum absolute atomic E-state index is 0.108. The summed E-state index contributed by atoms with van der Waals surface area (Å²) in [5.74, 6) is -1.68. The van der Waals surface area contributed by atoms with Gasteiger partial charge in [0, 0.05) is 17.6 Å². The Morgan fingerprint density at radius 1 is 1.11 bits per heavy atom. The number of anilines is 1. The molecule has 0 unspecified atom stereocenters. The molecule has 0 heterocycles. The zero-order valence-corrected chi connectivity index (χ0v) is 10.4. The molecule has 0 spiro atoms. The van der Waals surface area contributed by atoms with Gasteiger partial charge in [0.2, 0.25) is 0 Å². The summed E-state index contributed by atoms with van der Waals surface area (Å²) < 4.78 is 25.9. The zero-order valence-electron chi connectivity index (χ0n) is 10.4. The van der Waals surface area contributed by atoms with Gasteiger partial charge in [0.15, 0.2) is 11.6 Å². The Labute approximate surface area is 106 Å². The van der Waals surface area contributed by atoms with E-state index in [-0.39, 0.29) is 12.0 Å². The number of aliphatic hydroxyl groups is 1. The fourth-order valence-electron chi connectivity index (χ4n) is 2.59. The van der Waals surface area contributed by atoms with Crippen LogP contribution in [-0.4, -0.2) is 18.3 Å². The molecule has 1 aromatic rings. The van der Waals surface area contributed by atoms with Crippen LogP contribution in [0.15, 0.2) is 18.2 Å². The third-order valence-electron chi connectivity index (χ3n) is 3.84. The van der Waals surface area contributed by atoms with Crippen molar-refractivity contribution in [1.29, 1.82) is 0 Å². The Bertz CT molecular complexity index is 403. The number of aliphatic hydroxyl groups excluding tert-OH is 1. The van der Waals surface area contributed by atoms with Gasteiger partial charge in [0.05, 0.1) is 6.61 Å². The van der Waals surface area contributed by atoms with Crippen LogP contribution in [0.1, 0.15) is 32.1 Å². The van der Waals surface area contributed by atoms with E-state index >= 15 is 0 Å². The molecule has 0 bridgehead atoms. The molecule has 1 saturated carbocycles. The number of halogens is 2. The lowest BCUT2D eigenvalue weighted by Gasteiger charge is -2.36. The summed E-state index contributed by atoms with van der Waals surface area (Å²) >= 11 is 0. The van der Waals surface area contributed by atoms with Gasteiger partial charge in [-0.3, -0.25) is 0 Å². The minimum atomic E-state index is -0.846. The molecule has 1 aliphatic rings. The summed E-state index contributed by atoms with van der Waals surface area (Å²) in [4.78, 5) is 0. The van der Waals surface area contributed by atoms with Crippen LogP contribution in [0.4, 0.5) is 14.5 Å². The number of rotatable bonds is 4. The molecule has 1 fully saturated rings. The van der Waals surface area contributed by atoms with Crippen LogP contribution in [0.2, 0.25) is 0 Å². The SMILES string of the molecule is OCC1(CNc2ccc(F)c(F)c2)CCCCC1. The number of hydrogen-bond acceptors (Lipinski definition) is 2. The lowest BCUT2D eigenvalue weighted by atomic mass is 9.74. The maximum atomic E-state index is 13.1. The van der Waals surface area contributed by atoms with E-state index in [0.29, 0.717) is 12.2 Å². The molecule has 100 valence electrons. The molecule has 0 amide bonds. The monoisotopic (exact) mass is 255 g/mol. The van der Waals surface area contributed by atoms with Gasteiger partial charge in [-0.25, -0.2) is 8.78 Å². The number of hydrogen-bond donors (Lipinski definition) is 2. The third-order valence-corrected chi connectivity index (χ3v) is 3.84. The molecule has 2 rings (SSSR count). The van der Waals surface area contributed by atoms with Gasteiger partial charge in [-0.1, -0.05) is 19.3 Å². The van der Waals surface area contributed by atoms with Gasteiger partial charge in [0.1, 0.15) is 0 Å². The first-order valence-corrected chi connectivity index (χ1v) is 6.45. The lowest BCUT2D eigenvalue weighted by molar-refractivity contribution is 0.0944. The number of nitrogens with one attached hydrogen (secondary N) is 1. The van der Waals surface area contributed by atoms with Gasteiger partial charge in [-0.2, -0.15) is 0 Å². The predicted molar refractivity (Wildman–Crippen MR) is 67.5 cm³/mol. The van der Waals surface area contributed by atoms with Crippen molar-refractivity contribution in [1.82, 2.24) is 0 Å². The molecule has 4 heteroatoms. The smallest absolute Gasteiger partial charge is 0.160 e. The van der Waals surface area contributed by atoms with Crippen molar-refractivity contribution in [3.05, 3.63) is 29.8 Å². The van der Waals surface area contributed by atoms with Gasteiger partial charge in [0.25, 0.3) is 0 Å². The van der Waals surface area contributed by atoms with E-state index in [0.717, 1.165) is 37.8 Å². The topological polar surface area (TPSA) is 32.3 Å². The molecule has 2 nitrogen and oxygen atoms in total. The Morgan fingerprint density at radius 3 is 2.44 bits per heavy atom. The summed E-state index contributed by atoms with van der Waals surface area (Å²) in [6, 6.07) is 3.79. The normalized spacial score (nSPS) is 18.6. The van der Waals surface area contributed by atoms with Gasteiger partial charge < -0.3 is 10.4 Å². The molecular formula is C14H19F2NO. The summed E-state index contributed by atoms with van der Waals surface area (Å²) in [6.07, 6.45) is 5.44. The molecule has 0 aliphatic heterocycles. The van der Waals surface area contributed by atoms with E-state index in [9.17, 15) is 13.9 Å². The van der Waals surface area contributed by atoms with Crippen LogP contribution in [-0.2, 0) is 0 Å². The molecular weight excluding hydrogens is 236 g/mol. The summed E-state index contributed by atoms with van der Waals surface area (Å²) in [5, 5.41) is 12.7. The van der Waals surface area contributed by atoms with E-state index < -0.39 is 11.6 Å². The summed E-state index contributed by atoms with van der Waals surface area (Å²) in [6.45, 7) is 0.748. The Kier molecular flexibility index (Phi) is 4.17. The first-order chi connectivity index (χ1) is 8.65. The van der Waals surface area contributed by atoms with Crippen LogP contribution >= 0.6 is 0 Å². The molecule has 18 heavy (non-hydrogen) atoms. The quantitative estimate of drug-likeness (QED) is 0.865. The van der Waals surface area contributed by atoms with Gasteiger partial charge in [-0.05, 0) is 31.0 Å². The Hall–Kier alpha value is -1.16. The van der Waals surface area contributed by atoms with E-state index in [2.05, 4.69) is 5.32 Å². The van der Waals surface area contributed by atoms with Crippen molar-refractivity contribution >= 4 is 5.69 Å². The van der Waals surface area contributed by atoms with Crippen molar-refractivity contribution in [3.63, 3.8) is 0 Å².